The largest absolute Gasteiger partial charge is 0.288 e. The topological polar surface area (TPSA) is 83.6 Å². The Labute approximate surface area is 143 Å². The van der Waals surface area contributed by atoms with Crippen LogP contribution in [0.5, 0.6) is 0 Å². The molecule has 0 spiro atoms. The van der Waals surface area contributed by atoms with Crippen LogP contribution in [0.25, 0.3) is 10.8 Å². The number of carbonyl (C=O) groups excluding carboxylic acids is 4. The van der Waals surface area contributed by atoms with Crippen molar-refractivity contribution in [3.8, 4) is 0 Å². The lowest BCUT2D eigenvalue weighted by Gasteiger charge is -2.33. The van der Waals surface area contributed by atoms with E-state index in [4.69, 9.17) is 0 Å². The van der Waals surface area contributed by atoms with E-state index in [0.717, 1.165) is 0 Å². The number of hydrogen-bond donors (Lipinski definition) is 1. The Morgan fingerprint density at radius 2 is 1.16 bits per heavy atom. The van der Waals surface area contributed by atoms with E-state index in [-0.39, 0.29) is 17.9 Å². The highest BCUT2D eigenvalue weighted by Crippen LogP contribution is 2.37. The average Bonchev–Trinajstić information content (AvgIpc) is 2.61. The van der Waals surface area contributed by atoms with E-state index in [1.807, 2.05) is 13.8 Å². The molecule has 2 aliphatic rings. The molecule has 0 unspecified atom stereocenters. The Kier molecular flexibility index (Phi) is 3.25. The van der Waals surface area contributed by atoms with Gasteiger partial charge in [0.1, 0.15) is 0 Å². The molecule has 2 aromatic rings. The van der Waals surface area contributed by atoms with Gasteiger partial charge >= 0.3 is 0 Å². The molecule has 0 aromatic heterocycles. The summed E-state index contributed by atoms with van der Waals surface area (Å²) in [5.41, 5.74) is 1.35. The molecule has 2 aliphatic heterocycles. The predicted molar refractivity (Wildman–Crippen MR) is 90.6 cm³/mol. The van der Waals surface area contributed by atoms with Gasteiger partial charge in [-0.3, -0.25) is 29.4 Å². The molecule has 6 heteroatoms. The van der Waals surface area contributed by atoms with Gasteiger partial charge in [0.05, 0.1) is 0 Å². The molecule has 4 rings (SSSR count). The van der Waals surface area contributed by atoms with Crippen LogP contribution < -0.4 is 5.32 Å². The lowest BCUT2D eigenvalue weighted by atomic mass is 9.86. The molecule has 4 amide bonds. The molecule has 6 nitrogen and oxygen atoms in total. The summed E-state index contributed by atoms with van der Waals surface area (Å²) >= 11 is 0. The van der Waals surface area contributed by atoms with Crippen LogP contribution in [0.15, 0.2) is 24.3 Å². The first kappa shape index (κ1) is 15.5. The maximum atomic E-state index is 13.0. The lowest BCUT2D eigenvalue weighted by Crippen LogP contribution is -2.47. The SMILES string of the molecule is CCC(CC)N1C(=O)c2ccc3c4c(ccc(c24)C1=O)C(=O)NC3=O. The first-order valence-corrected chi connectivity index (χ1v) is 8.32. The summed E-state index contributed by atoms with van der Waals surface area (Å²) in [4.78, 5) is 51.5. The maximum absolute atomic E-state index is 13.0. The molecule has 25 heavy (non-hydrogen) atoms. The normalized spacial score (nSPS) is 16.0. The maximum Gasteiger partial charge on any atom is 0.261 e. The number of imide groups is 2. The molecular weight excluding hydrogens is 320 g/mol. The van der Waals surface area contributed by atoms with Gasteiger partial charge in [-0.1, -0.05) is 13.8 Å². The zero-order valence-corrected chi connectivity index (χ0v) is 13.9. The Bertz CT molecular complexity index is 920. The molecule has 0 fully saturated rings. The molecule has 0 aliphatic carbocycles. The monoisotopic (exact) mass is 336 g/mol. The summed E-state index contributed by atoms with van der Waals surface area (Å²) in [5, 5.41) is 3.09. The molecular formula is C19H16N2O4. The van der Waals surface area contributed by atoms with Crippen molar-refractivity contribution >= 4 is 34.4 Å². The minimum Gasteiger partial charge on any atom is -0.288 e. The van der Waals surface area contributed by atoms with Crippen molar-refractivity contribution in [1.82, 2.24) is 10.2 Å². The summed E-state index contributed by atoms with van der Waals surface area (Å²) in [7, 11) is 0. The van der Waals surface area contributed by atoms with Crippen LogP contribution in [0.3, 0.4) is 0 Å². The van der Waals surface area contributed by atoms with Crippen LogP contribution in [0.2, 0.25) is 0 Å². The van der Waals surface area contributed by atoms with Crippen LogP contribution in [0, 0.1) is 0 Å². The third-order valence-electron chi connectivity index (χ3n) is 5.08. The minimum atomic E-state index is -0.511. The van der Waals surface area contributed by atoms with E-state index in [0.29, 0.717) is 45.9 Å². The van der Waals surface area contributed by atoms with E-state index in [2.05, 4.69) is 5.32 Å². The van der Waals surface area contributed by atoms with Crippen molar-refractivity contribution < 1.29 is 19.2 Å². The van der Waals surface area contributed by atoms with Gasteiger partial charge in [-0.25, -0.2) is 0 Å². The lowest BCUT2D eigenvalue weighted by molar-refractivity contribution is 0.0528. The Balaban J connectivity index is 2.06. The quantitative estimate of drug-likeness (QED) is 0.873. The fourth-order valence-corrected chi connectivity index (χ4v) is 3.81. The van der Waals surface area contributed by atoms with Crippen molar-refractivity contribution in [1.29, 1.82) is 0 Å². The van der Waals surface area contributed by atoms with Crippen molar-refractivity contribution in [2.75, 3.05) is 0 Å². The summed E-state index contributed by atoms with van der Waals surface area (Å²) in [6, 6.07) is 6.06. The van der Waals surface area contributed by atoms with Crippen molar-refractivity contribution in [3.63, 3.8) is 0 Å². The molecule has 126 valence electrons. The summed E-state index contributed by atoms with van der Waals surface area (Å²) < 4.78 is 0. The molecule has 0 radical (unpaired) electrons. The summed E-state index contributed by atoms with van der Waals surface area (Å²) in [6.07, 6.45) is 1.34. The van der Waals surface area contributed by atoms with Gasteiger partial charge < -0.3 is 0 Å². The summed E-state index contributed by atoms with van der Waals surface area (Å²) in [5.74, 6) is -1.76. The van der Waals surface area contributed by atoms with Gasteiger partial charge in [0, 0.05) is 39.1 Å². The second kappa shape index (κ2) is 5.24. The van der Waals surface area contributed by atoms with E-state index in [9.17, 15) is 19.2 Å². The molecule has 0 atom stereocenters. The van der Waals surface area contributed by atoms with Crippen molar-refractivity contribution in [3.05, 3.63) is 46.5 Å². The van der Waals surface area contributed by atoms with E-state index in [1.54, 1.807) is 24.3 Å². The Hall–Kier alpha value is -3.02. The number of benzene rings is 2. The van der Waals surface area contributed by atoms with Gasteiger partial charge in [-0.15, -0.1) is 0 Å². The van der Waals surface area contributed by atoms with Crippen LogP contribution in [0.1, 0.15) is 68.1 Å². The van der Waals surface area contributed by atoms with Crippen LogP contribution >= 0.6 is 0 Å². The molecule has 2 heterocycles. The van der Waals surface area contributed by atoms with Gasteiger partial charge in [0.15, 0.2) is 0 Å². The first-order chi connectivity index (χ1) is 12.0. The number of rotatable bonds is 3. The Morgan fingerprint density at radius 1 is 0.760 bits per heavy atom. The molecule has 0 saturated carbocycles. The van der Waals surface area contributed by atoms with Gasteiger partial charge in [0.2, 0.25) is 0 Å². The number of hydrogen-bond acceptors (Lipinski definition) is 4. The Morgan fingerprint density at radius 3 is 1.60 bits per heavy atom. The molecule has 0 bridgehead atoms. The molecule has 2 aromatic carbocycles. The third kappa shape index (κ3) is 1.91. The molecule has 0 saturated heterocycles. The van der Waals surface area contributed by atoms with E-state index >= 15 is 0 Å². The number of nitrogens with zero attached hydrogens (tertiary/aromatic N) is 1. The van der Waals surface area contributed by atoms with E-state index in [1.165, 1.54) is 4.90 Å². The van der Waals surface area contributed by atoms with Crippen molar-refractivity contribution in [2.45, 2.75) is 32.7 Å². The fourth-order valence-electron chi connectivity index (χ4n) is 3.81. The highest BCUT2D eigenvalue weighted by molar-refractivity contribution is 6.33. The smallest absolute Gasteiger partial charge is 0.261 e. The van der Waals surface area contributed by atoms with E-state index < -0.39 is 11.8 Å². The zero-order valence-electron chi connectivity index (χ0n) is 13.9. The second-order valence-corrected chi connectivity index (χ2v) is 6.31. The number of amides is 4. The van der Waals surface area contributed by atoms with Crippen molar-refractivity contribution in [2.24, 2.45) is 0 Å². The fraction of sp³-hybridized carbons (Fsp3) is 0.263. The standard InChI is InChI=1S/C19H16N2O4/c1-3-9(4-2)21-18(24)12-7-5-10-14-11(17(23)20-16(10)22)6-8-13(15(12)14)19(21)25/h5-9H,3-4H2,1-2H3,(H,20,22,23). The zero-order chi connectivity index (χ0) is 17.9. The number of carbonyl (C=O) groups is 4. The van der Waals surface area contributed by atoms with Crippen LogP contribution in [-0.4, -0.2) is 34.6 Å². The first-order valence-electron chi connectivity index (χ1n) is 8.32. The highest BCUT2D eigenvalue weighted by Gasteiger charge is 2.39. The molecule has 1 N–H and O–H groups in total. The third-order valence-corrected chi connectivity index (χ3v) is 5.08. The minimum absolute atomic E-state index is 0.180. The van der Waals surface area contributed by atoms with Gasteiger partial charge in [-0.05, 0) is 37.1 Å². The summed E-state index contributed by atoms with van der Waals surface area (Å²) in [6.45, 7) is 3.88. The predicted octanol–water partition coefficient (Wildman–Crippen LogP) is 2.51. The average molecular weight is 336 g/mol. The van der Waals surface area contributed by atoms with Gasteiger partial charge in [-0.2, -0.15) is 0 Å². The van der Waals surface area contributed by atoms with Crippen LogP contribution in [0.4, 0.5) is 0 Å². The number of nitrogens with one attached hydrogen (secondary N) is 1. The second-order valence-electron chi connectivity index (χ2n) is 6.31. The van der Waals surface area contributed by atoms with Crippen LogP contribution in [-0.2, 0) is 0 Å². The highest BCUT2D eigenvalue weighted by atomic mass is 16.2. The van der Waals surface area contributed by atoms with Gasteiger partial charge in [0.25, 0.3) is 23.6 Å².